The van der Waals surface area contributed by atoms with E-state index < -0.39 is 11.3 Å². The molecular formula is C18H18N3O4S-. The fourth-order valence-electron chi connectivity index (χ4n) is 2.72. The molecular weight excluding hydrogens is 354 g/mol. The van der Waals surface area contributed by atoms with Gasteiger partial charge in [-0.3, -0.25) is 4.21 Å². The molecule has 0 aliphatic rings. The molecule has 1 unspecified atom stereocenters. The van der Waals surface area contributed by atoms with Crippen molar-refractivity contribution in [2.75, 3.05) is 20.8 Å². The fourth-order valence-corrected chi connectivity index (χ4v) is 2.99. The van der Waals surface area contributed by atoms with Crippen LogP contribution in [0.5, 0.6) is 11.5 Å². The van der Waals surface area contributed by atoms with Crippen molar-refractivity contribution >= 4 is 22.2 Å². The molecule has 136 valence electrons. The first kappa shape index (κ1) is 18.2. The first-order valence-corrected chi connectivity index (χ1v) is 8.98. The molecule has 0 amide bonds. The minimum atomic E-state index is -2.23. The van der Waals surface area contributed by atoms with E-state index in [0.717, 1.165) is 27.7 Å². The van der Waals surface area contributed by atoms with Crippen LogP contribution >= 0.6 is 0 Å². The number of nitrogens with zero attached hydrogens (tertiary/aromatic N) is 2. The van der Waals surface area contributed by atoms with Crippen LogP contribution in [0.1, 0.15) is 5.56 Å². The summed E-state index contributed by atoms with van der Waals surface area (Å²) in [5.41, 5.74) is 3.53. The van der Waals surface area contributed by atoms with Crippen LogP contribution in [-0.4, -0.2) is 39.5 Å². The largest absolute Gasteiger partial charge is 0.760 e. The monoisotopic (exact) mass is 372 g/mol. The molecule has 0 aliphatic heterocycles. The Labute approximate surface area is 153 Å². The average molecular weight is 372 g/mol. The second-order valence-corrected chi connectivity index (χ2v) is 6.28. The highest BCUT2D eigenvalue weighted by Crippen LogP contribution is 2.35. The van der Waals surface area contributed by atoms with Gasteiger partial charge in [-0.1, -0.05) is 24.3 Å². The molecule has 0 spiro atoms. The number of hydrogen-bond acceptors (Lipinski definition) is 6. The molecule has 26 heavy (non-hydrogen) atoms. The van der Waals surface area contributed by atoms with Crippen molar-refractivity contribution in [2.24, 2.45) is 0 Å². The number of hydrogen-bond donors (Lipinski definition) is 1. The molecule has 3 rings (SSSR count). The maximum absolute atomic E-state index is 10.5. The summed E-state index contributed by atoms with van der Waals surface area (Å²) in [6.07, 6.45) is 2.13. The Hall–Kier alpha value is -2.55. The van der Waals surface area contributed by atoms with Crippen molar-refractivity contribution in [1.29, 1.82) is 0 Å². The van der Waals surface area contributed by atoms with Crippen LogP contribution in [0.25, 0.3) is 22.2 Å². The molecule has 1 atom stereocenters. The van der Waals surface area contributed by atoms with E-state index in [2.05, 4.69) is 14.7 Å². The van der Waals surface area contributed by atoms with Gasteiger partial charge in [0, 0.05) is 34.8 Å². The number of nitrogens with one attached hydrogen (secondary N) is 1. The second-order valence-electron chi connectivity index (χ2n) is 5.52. The number of benzene rings is 2. The first-order valence-electron chi connectivity index (χ1n) is 7.91. The predicted molar refractivity (Wildman–Crippen MR) is 98.7 cm³/mol. The van der Waals surface area contributed by atoms with Gasteiger partial charge in [-0.25, -0.2) is 14.7 Å². The molecule has 0 radical (unpaired) electrons. The molecule has 0 bridgehead atoms. The van der Waals surface area contributed by atoms with Gasteiger partial charge in [0.05, 0.1) is 25.4 Å². The van der Waals surface area contributed by atoms with Gasteiger partial charge in [-0.2, -0.15) is 0 Å². The van der Waals surface area contributed by atoms with Crippen LogP contribution in [0, 0.1) is 0 Å². The van der Waals surface area contributed by atoms with Crippen molar-refractivity contribution in [3.8, 4) is 22.8 Å². The van der Waals surface area contributed by atoms with E-state index >= 15 is 0 Å². The highest BCUT2D eigenvalue weighted by Gasteiger charge is 2.12. The third kappa shape index (κ3) is 3.98. The molecule has 1 N–H and O–H groups in total. The van der Waals surface area contributed by atoms with Gasteiger partial charge in [0.2, 0.25) is 0 Å². The molecule has 0 saturated carbocycles. The lowest BCUT2D eigenvalue weighted by molar-refractivity contribution is 0.356. The summed E-state index contributed by atoms with van der Waals surface area (Å²) < 4.78 is 34.1. The topological polar surface area (TPSA) is 96.4 Å². The zero-order valence-corrected chi connectivity index (χ0v) is 15.2. The summed E-state index contributed by atoms with van der Waals surface area (Å²) in [4.78, 5) is 8.73. The average Bonchev–Trinajstić information content (AvgIpc) is 2.66. The minimum absolute atomic E-state index is 0.364. The highest BCUT2D eigenvalue weighted by molar-refractivity contribution is 7.77. The highest BCUT2D eigenvalue weighted by atomic mass is 32.2. The Morgan fingerprint density at radius 2 is 1.77 bits per heavy atom. The Kier molecular flexibility index (Phi) is 5.77. The van der Waals surface area contributed by atoms with Crippen LogP contribution < -0.4 is 14.2 Å². The number of rotatable bonds is 7. The molecule has 0 fully saturated rings. The second kappa shape index (κ2) is 8.22. The van der Waals surface area contributed by atoms with Crippen LogP contribution in [0.4, 0.5) is 0 Å². The molecule has 8 heteroatoms. The third-order valence-corrected chi connectivity index (χ3v) is 4.44. The maximum Gasteiger partial charge on any atom is 0.162 e. The van der Waals surface area contributed by atoms with Crippen LogP contribution in [0.2, 0.25) is 0 Å². The van der Waals surface area contributed by atoms with Crippen molar-refractivity contribution in [1.82, 2.24) is 14.7 Å². The van der Waals surface area contributed by atoms with Crippen molar-refractivity contribution in [2.45, 2.75) is 6.42 Å². The molecule has 2 aromatic carbocycles. The maximum atomic E-state index is 10.5. The zero-order chi connectivity index (χ0) is 18.5. The SMILES string of the molecule is COc1cc2ncnc(-c3ccc(CCNS(=O)[O-])cc3)c2cc1OC. The summed E-state index contributed by atoms with van der Waals surface area (Å²) in [6.45, 7) is 0.364. The van der Waals surface area contributed by atoms with E-state index in [9.17, 15) is 8.76 Å². The van der Waals surface area contributed by atoms with Gasteiger partial charge >= 0.3 is 0 Å². The zero-order valence-electron chi connectivity index (χ0n) is 14.4. The van der Waals surface area contributed by atoms with Gasteiger partial charge < -0.3 is 14.0 Å². The summed E-state index contributed by atoms with van der Waals surface area (Å²) in [6, 6.07) is 11.5. The Morgan fingerprint density at radius 1 is 1.08 bits per heavy atom. The number of ether oxygens (including phenoxy) is 2. The molecule has 7 nitrogen and oxygen atoms in total. The van der Waals surface area contributed by atoms with Gasteiger partial charge in [-0.15, -0.1) is 0 Å². The van der Waals surface area contributed by atoms with E-state index in [1.807, 2.05) is 36.4 Å². The smallest absolute Gasteiger partial charge is 0.162 e. The lowest BCUT2D eigenvalue weighted by Crippen LogP contribution is -2.19. The predicted octanol–water partition coefficient (Wildman–Crippen LogP) is 2.24. The van der Waals surface area contributed by atoms with E-state index in [1.54, 1.807) is 14.2 Å². The summed E-state index contributed by atoms with van der Waals surface area (Å²) in [5.74, 6) is 1.23. The van der Waals surface area contributed by atoms with E-state index in [4.69, 9.17) is 9.47 Å². The summed E-state index contributed by atoms with van der Waals surface area (Å²) in [7, 11) is 3.17. The summed E-state index contributed by atoms with van der Waals surface area (Å²) >= 11 is -2.23. The Balaban J connectivity index is 1.93. The van der Waals surface area contributed by atoms with Crippen LogP contribution in [0.3, 0.4) is 0 Å². The third-order valence-electron chi connectivity index (χ3n) is 4.00. The van der Waals surface area contributed by atoms with Crippen LogP contribution in [0.15, 0.2) is 42.7 Å². The standard InChI is InChI=1S/C18H19N3O4S/c1-24-16-9-14-15(10-17(16)25-2)19-11-20-18(14)13-5-3-12(4-6-13)7-8-21-26(22)23/h3-6,9-11,21H,7-8H2,1-2H3,(H,22,23)/p-1. The number of methoxy groups -OCH3 is 2. The normalized spacial score (nSPS) is 12.1. The number of fused-ring (bicyclic) bond motifs is 1. The lowest BCUT2D eigenvalue weighted by atomic mass is 10.0. The first-order chi connectivity index (χ1) is 12.6. The van der Waals surface area contributed by atoms with E-state index in [-0.39, 0.29) is 0 Å². The van der Waals surface area contributed by atoms with E-state index in [0.29, 0.717) is 24.5 Å². The Bertz CT molecular complexity index is 932. The van der Waals surface area contributed by atoms with Gasteiger partial charge in [0.15, 0.2) is 11.5 Å². The van der Waals surface area contributed by atoms with Crippen molar-refractivity contribution < 1.29 is 18.2 Å². The lowest BCUT2D eigenvalue weighted by Gasteiger charge is -2.11. The molecule has 1 heterocycles. The quantitative estimate of drug-likeness (QED) is 0.639. The van der Waals surface area contributed by atoms with Gasteiger partial charge in [0.25, 0.3) is 0 Å². The molecule has 1 aromatic heterocycles. The van der Waals surface area contributed by atoms with Crippen LogP contribution in [-0.2, 0) is 17.7 Å². The fraction of sp³-hybridized carbons (Fsp3) is 0.222. The van der Waals surface area contributed by atoms with Crippen molar-refractivity contribution in [3.05, 3.63) is 48.3 Å². The van der Waals surface area contributed by atoms with Crippen molar-refractivity contribution in [3.63, 3.8) is 0 Å². The summed E-state index contributed by atoms with van der Waals surface area (Å²) in [5, 5.41) is 0.862. The molecule has 3 aromatic rings. The Morgan fingerprint density at radius 3 is 2.42 bits per heavy atom. The van der Waals surface area contributed by atoms with E-state index in [1.165, 1.54) is 6.33 Å². The number of aromatic nitrogens is 2. The van der Waals surface area contributed by atoms with Gasteiger partial charge in [-0.05, 0) is 18.1 Å². The molecule has 0 saturated heterocycles. The minimum Gasteiger partial charge on any atom is -0.760 e. The molecule has 0 aliphatic carbocycles. The van der Waals surface area contributed by atoms with Gasteiger partial charge in [0.1, 0.15) is 6.33 Å².